The maximum atomic E-state index is 12.7. The zero-order valence-electron chi connectivity index (χ0n) is 14.3. The second kappa shape index (κ2) is 6.61. The number of ether oxygens (including phenoxy) is 2. The lowest BCUT2D eigenvalue weighted by Gasteiger charge is -2.38. The smallest absolute Gasteiger partial charge is 0.210 e. The normalized spacial score (nSPS) is 30.3. The summed E-state index contributed by atoms with van der Waals surface area (Å²) in [4.78, 5) is 4.29. The molecule has 136 valence electrons. The first kappa shape index (κ1) is 17.4. The van der Waals surface area contributed by atoms with Crippen molar-refractivity contribution in [1.82, 2.24) is 4.98 Å². The van der Waals surface area contributed by atoms with Gasteiger partial charge in [0, 0.05) is 12.8 Å². The Bertz CT molecular complexity index is 826. The van der Waals surface area contributed by atoms with E-state index in [-0.39, 0.29) is 22.3 Å². The molecule has 1 aromatic carbocycles. The van der Waals surface area contributed by atoms with Crippen molar-refractivity contribution < 1.29 is 17.9 Å². The Morgan fingerprint density at radius 2 is 2.08 bits per heavy atom. The van der Waals surface area contributed by atoms with Gasteiger partial charge in [-0.1, -0.05) is 12.1 Å². The predicted octanol–water partition coefficient (Wildman–Crippen LogP) is 3.92. The molecule has 0 saturated carbocycles. The summed E-state index contributed by atoms with van der Waals surface area (Å²) in [5.41, 5.74) is 0.743. The Morgan fingerprint density at radius 3 is 2.84 bits per heavy atom. The molecule has 2 aromatic rings. The standard InChI is InChI=1S/C18H23NO4S2/c1-13-8-11-18(22-13)10-4-5-14(23-18)9-12-25(20,21)17-19-15-6-2-3-7-16(15)24-17/h2-3,6-7,13-14H,4-5,8-12H2,1H3/t13-,14-,18+/m0/s1. The number of fused-ring (bicyclic) bond motifs is 1. The molecule has 7 heteroatoms. The monoisotopic (exact) mass is 381 g/mol. The lowest BCUT2D eigenvalue weighted by atomic mass is 9.97. The summed E-state index contributed by atoms with van der Waals surface area (Å²) in [5.74, 6) is -0.398. The maximum Gasteiger partial charge on any atom is 0.210 e. The van der Waals surface area contributed by atoms with Crippen LogP contribution in [-0.2, 0) is 19.3 Å². The van der Waals surface area contributed by atoms with Crippen LogP contribution >= 0.6 is 11.3 Å². The number of aromatic nitrogens is 1. The third-order valence-electron chi connectivity index (χ3n) is 5.06. The van der Waals surface area contributed by atoms with Crippen LogP contribution in [0.3, 0.4) is 0 Å². The number of para-hydroxylation sites is 1. The second-order valence-corrected chi connectivity index (χ2v) is 10.4. The minimum Gasteiger partial charge on any atom is -0.347 e. The Morgan fingerprint density at radius 1 is 1.24 bits per heavy atom. The summed E-state index contributed by atoms with van der Waals surface area (Å²) in [7, 11) is -3.38. The van der Waals surface area contributed by atoms with E-state index in [1.807, 2.05) is 24.3 Å². The van der Waals surface area contributed by atoms with Gasteiger partial charge in [-0.3, -0.25) is 0 Å². The Kier molecular flexibility index (Phi) is 4.60. The molecule has 2 saturated heterocycles. The Labute approximate surface area is 152 Å². The highest BCUT2D eigenvalue weighted by Gasteiger charge is 2.43. The lowest BCUT2D eigenvalue weighted by Crippen LogP contribution is -2.41. The van der Waals surface area contributed by atoms with E-state index in [2.05, 4.69) is 11.9 Å². The van der Waals surface area contributed by atoms with E-state index in [1.165, 1.54) is 11.3 Å². The molecule has 25 heavy (non-hydrogen) atoms. The van der Waals surface area contributed by atoms with E-state index in [1.54, 1.807) is 0 Å². The third kappa shape index (κ3) is 3.60. The van der Waals surface area contributed by atoms with Crippen molar-refractivity contribution in [3.63, 3.8) is 0 Å². The summed E-state index contributed by atoms with van der Waals surface area (Å²) < 4.78 is 38.6. The van der Waals surface area contributed by atoms with Gasteiger partial charge in [0.2, 0.25) is 14.2 Å². The van der Waals surface area contributed by atoms with E-state index < -0.39 is 15.6 Å². The van der Waals surface area contributed by atoms with Gasteiger partial charge in [-0.2, -0.15) is 0 Å². The molecule has 1 aromatic heterocycles. The molecule has 0 unspecified atom stereocenters. The molecule has 2 aliphatic heterocycles. The van der Waals surface area contributed by atoms with Crippen molar-refractivity contribution in [3.8, 4) is 0 Å². The molecule has 1 spiro atoms. The van der Waals surface area contributed by atoms with Gasteiger partial charge in [0.25, 0.3) is 0 Å². The Hall–Kier alpha value is -1.02. The zero-order valence-corrected chi connectivity index (χ0v) is 15.9. The van der Waals surface area contributed by atoms with Crippen LogP contribution in [0.25, 0.3) is 10.2 Å². The molecule has 0 bridgehead atoms. The summed E-state index contributed by atoms with van der Waals surface area (Å²) in [5, 5.41) is 0. The maximum absolute atomic E-state index is 12.7. The van der Waals surface area contributed by atoms with Crippen LogP contribution < -0.4 is 0 Å². The third-order valence-corrected chi connectivity index (χ3v) is 8.30. The van der Waals surface area contributed by atoms with Crippen molar-refractivity contribution in [1.29, 1.82) is 0 Å². The average Bonchev–Trinajstić information content (AvgIpc) is 3.18. The molecule has 4 rings (SSSR count). The summed E-state index contributed by atoms with van der Waals surface area (Å²) in [6, 6.07) is 7.52. The zero-order chi connectivity index (χ0) is 17.5. The highest BCUT2D eigenvalue weighted by Crippen LogP contribution is 2.41. The molecule has 2 fully saturated rings. The number of nitrogens with zero attached hydrogens (tertiary/aromatic N) is 1. The van der Waals surface area contributed by atoms with Gasteiger partial charge >= 0.3 is 0 Å². The number of benzene rings is 1. The van der Waals surface area contributed by atoms with E-state index in [0.717, 1.165) is 42.3 Å². The van der Waals surface area contributed by atoms with Crippen molar-refractivity contribution in [2.45, 2.75) is 67.8 Å². The molecule has 2 aliphatic rings. The van der Waals surface area contributed by atoms with Gasteiger partial charge in [0.1, 0.15) is 0 Å². The highest BCUT2D eigenvalue weighted by molar-refractivity contribution is 7.93. The number of hydrogen-bond acceptors (Lipinski definition) is 6. The minimum atomic E-state index is -3.38. The van der Waals surface area contributed by atoms with Crippen molar-refractivity contribution >= 4 is 31.4 Å². The minimum absolute atomic E-state index is 0.0526. The van der Waals surface area contributed by atoms with E-state index in [4.69, 9.17) is 9.47 Å². The van der Waals surface area contributed by atoms with E-state index >= 15 is 0 Å². The highest BCUT2D eigenvalue weighted by atomic mass is 32.2. The first-order chi connectivity index (χ1) is 12.0. The predicted molar refractivity (Wildman–Crippen MR) is 97.5 cm³/mol. The lowest BCUT2D eigenvalue weighted by molar-refractivity contribution is -0.268. The van der Waals surface area contributed by atoms with E-state index in [9.17, 15) is 8.42 Å². The quantitative estimate of drug-likeness (QED) is 0.803. The fourth-order valence-corrected chi connectivity index (χ4v) is 6.47. The molecule has 3 heterocycles. The first-order valence-electron chi connectivity index (χ1n) is 8.90. The molecular weight excluding hydrogens is 358 g/mol. The van der Waals surface area contributed by atoms with Gasteiger partial charge in [0.05, 0.1) is 28.2 Å². The number of hydrogen-bond donors (Lipinski definition) is 0. The van der Waals surface area contributed by atoms with Crippen molar-refractivity contribution in [3.05, 3.63) is 24.3 Å². The first-order valence-corrected chi connectivity index (χ1v) is 11.4. The van der Waals surface area contributed by atoms with Crippen LogP contribution in [0, 0.1) is 0 Å². The van der Waals surface area contributed by atoms with E-state index in [0.29, 0.717) is 6.42 Å². The van der Waals surface area contributed by atoms with Crippen LogP contribution in [0.15, 0.2) is 28.6 Å². The largest absolute Gasteiger partial charge is 0.347 e. The average molecular weight is 382 g/mol. The van der Waals surface area contributed by atoms with Gasteiger partial charge in [0.15, 0.2) is 5.79 Å². The fourth-order valence-electron chi connectivity index (χ4n) is 3.76. The van der Waals surface area contributed by atoms with Crippen LogP contribution in [0.4, 0.5) is 0 Å². The summed E-state index contributed by atoms with van der Waals surface area (Å²) in [6.45, 7) is 2.07. The van der Waals surface area contributed by atoms with Crippen molar-refractivity contribution in [2.75, 3.05) is 5.75 Å². The molecule has 0 radical (unpaired) electrons. The van der Waals surface area contributed by atoms with Crippen LogP contribution in [0.1, 0.15) is 45.4 Å². The van der Waals surface area contributed by atoms with Gasteiger partial charge in [-0.15, -0.1) is 11.3 Å². The van der Waals surface area contributed by atoms with Crippen molar-refractivity contribution in [2.24, 2.45) is 0 Å². The molecular formula is C18H23NO4S2. The van der Waals surface area contributed by atoms with Gasteiger partial charge in [-0.25, -0.2) is 13.4 Å². The molecule has 5 nitrogen and oxygen atoms in total. The number of rotatable bonds is 4. The van der Waals surface area contributed by atoms with Crippen LogP contribution in [0.2, 0.25) is 0 Å². The van der Waals surface area contributed by atoms with Gasteiger partial charge in [-0.05, 0) is 44.7 Å². The molecule has 0 N–H and O–H groups in total. The SMILES string of the molecule is C[C@H]1CC[C@]2(CCC[C@@H](CCS(=O)(=O)c3nc4ccccc4s3)O2)O1. The Balaban J connectivity index is 1.43. The summed E-state index contributed by atoms with van der Waals surface area (Å²) in [6.07, 6.45) is 5.43. The molecule has 3 atom stereocenters. The van der Waals surface area contributed by atoms with Crippen LogP contribution in [-0.4, -0.2) is 37.1 Å². The number of thiazole rings is 1. The summed E-state index contributed by atoms with van der Waals surface area (Å²) >= 11 is 1.25. The topological polar surface area (TPSA) is 65.5 Å². The molecule has 0 amide bonds. The second-order valence-electron chi connectivity index (χ2n) is 7.06. The van der Waals surface area contributed by atoms with Gasteiger partial charge < -0.3 is 9.47 Å². The fraction of sp³-hybridized carbons (Fsp3) is 0.611. The number of sulfone groups is 1. The molecule has 0 aliphatic carbocycles. The van der Waals surface area contributed by atoms with Crippen LogP contribution in [0.5, 0.6) is 0 Å².